The predicted octanol–water partition coefficient (Wildman–Crippen LogP) is 0.460. The van der Waals surface area contributed by atoms with E-state index in [-0.39, 0.29) is 18.2 Å². The molecule has 0 aliphatic rings. The van der Waals surface area contributed by atoms with Crippen molar-refractivity contribution >= 4 is 0 Å². The maximum absolute atomic E-state index is 9.94. The normalized spacial score (nSPS) is 9.55. The zero-order valence-corrected chi connectivity index (χ0v) is 5.81. The van der Waals surface area contributed by atoms with Crippen molar-refractivity contribution in [2.24, 2.45) is 0 Å². The highest BCUT2D eigenvalue weighted by atomic mass is 16.6. The van der Waals surface area contributed by atoms with Crippen LogP contribution < -0.4 is 4.74 Å². The van der Waals surface area contributed by atoms with Crippen LogP contribution in [0.1, 0.15) is 5.76 Å². The molecule has 1 aromatic heterocycles. The third-order valence-electron chi connectivity index (χ3n) is 1.03. The number of hydrogen-bond acceptors (Lipinski definition) is 5. The summed E-state index contributed by atoms with van der Waals surface area (Å²) in [5.41, 5.74) is 0. The van der Waals surface area contributed by atoms with Crippen molar-refractivity contribution in [3.8, 4) is 5.88 Å². The van der Waals surface area contributed by atoms with Crippen LogP contribution in [0.2, 0.25) is 0 Å². The molecule has 0 saturated carbocycles. The van der Waals surface area contributed by atoms with Crippen molar-refractivity contribution in [3.05, 3.63) is 21.9 Å². The first-order valence-electron chi connectivity index (χ1n) is 2.83. The first-order valence-corrected chi connectivity index (χ1v) is 2.83. The highest BCUT2D eigenvalue weighted by Crippen LogP contribution is 2.10. The van der Waals surface area contributed by atoms with Crippen LogP contribution in [0.4, 0.5) is 0 Å². The lowest BCUT2D eigenvalue weighted by Gasteiger charge is -1.84. The van der Waals surface area contributed by atoms with E-state index in [2.05, 4.69) is 14.4 Å². The molecule has 0 fully saturated rings. The molecule has 11 heavy (non-hydrogen) atoms. The van der Waals surface area contributed by atoms with Gasteiger partial charge in [-0.2, -0.15) is 0 Å². The second-order valence-electron chi connectivity index (χ2n) is 1.83. The third kappa shape index (κ3) is 1.92. The van der Waals surface area contributed by atoms with Gasteiger partial charge in [0.1, 0.15) is 0 Å². The van der Waals surface area contributed by atoms with Gasteiger partial charge in [-0.25, -0.2) is 0 Å². The van der Waals surface area contributed by atoms with Gasteiger partial charge in [0.2, 0.25) is 5.76 Å². The zero-order valence-electron chi connectivity index (χ0n) is 5.81. The van der Waals surface area contributed by atoms with E-state index in [4.69, 9.17) is 0 Å². The van der Waals surface area contributed by atoms with Crippen LogP contribution in [0.25, 0.3) is 0 Å². The minimum atomic E-state index is -0.500. The maximum Gasteiger partial charge on any atom is 0.263 e. The number of methoxy groups -OCH3 is 1. The Morgan fingerprint density at radius 1 is 1.91 bits per heavy atom. The smallest absolute Gasteiger partial charge is 0.263 e. The lowest BCUT2D eigenvalue weighted by molar-refractivity contribution is -0.499. The summed E-state index contributed by atoms with van der Waals surface area (Å²) >= 11 is 0. The summed E-state index contributed by atoms with van der Waals surface area (Å²) in [6.07, 6.45) is 0. The van der Waals surface area contributed by atoms with Crippen molar-refractivity contribution < 1.29 is 14.2 Å². The Labute approximate surface area is 61.9 Å². The fourth-order valence-electron chi connectivity index (χ4n) is 0.592. The summed E-state index contributed by atoms with van der Waals surface area (Å²) in [4.78, 5) is 9.44. The van der Waals surface area contributed by atoms with E-state index < -0.39 is 4.92 Å². The van der Waals surface area contributed by atoms with Crippen molar-refractivity contribution in [1.29, 1.82) is 0 Å². The minimum Gasteiger partial charge on any atom is -0.479 e. The molecule has 0 unspecified atom stereocenters. The van der Waals surface area contributed by atoms with E-state index in [1.165, 1.54) is 13.2 Å². The van der Waals surface area contributed by atoms with Gasteiger partial charge >= 0.3 is 0 Å². The first-order chi connectivity index (χ1) is 5.22. The second-order valence-corrected chi connectivity index (χ2v) is 1.83. The monoisotopic (exact) mass is 158 g/mol. The van der Waals surface area contributed by atoms with Crippen LogP contribution in [0, 0.1) is 10.1 Å². The highest BCUT2D eigenvalue weighted by molar-refractivity contribution is 5.09. The molecule has 6 nitrogen and oxygen atoms in total. The Bertz CT molecular complexity index is 257. The molecule has 0 aliphatic heterocycles. The van der Waals surface area contributed by atoms with E-state index in [1.807, 2.05) is 0 Å². The Hall–Kier alpha value is -1.59. The average molecular weight is 158 g/mol. The summed E-state index contributed by atoms with van der Waals surface area (Å²) in [5.74, 6) is 0.439. The number of hydrogen-bond donors (Lipinski definition) is 0. The van der Waals surface area contributed by atoms with Gasteiger partial charge in [-0.1, -0.05) is 0 Å². The van der Waals surface area contributed by atoms with Gasteiger partial charge in [-0.3, -0.25) is 10.1 Å². The van der Waals surface area contributed by atoms with E-state index in [0.29, 0.717) is 0 Å². The van der Waals surface area contributed by atoms with Gasteiger partial charge < -0.3 is 9.26 Å². The molecule has 6 heteroatoms. The summed E-state index contributed by atoms with van der Waals surface area (Å²) in [5, 5.41) is 13.3. The van der Waals surface area contributed by atoms with Gasteiger partial charge in [-0.15, -0.1) is 0 Å². The van der Waals surface area contributed by atoms with Crippen LogP contribution in [-0.4, -0.2) is 17.2 Å². The molecule has 1 aromatic rings. The number of nitro groups is 1. The Kier molecular flexibility index (Phi) is 2.05. The number of aromatic nitrogens is 1. The van der Waals surface area contributed by atoms with Crippen molar-refractivity contribution in [2.75, 3.05) is 7.11 Å². The lowest BCUT2D eigenvalue weighted by Crippen LogP contribution is -1.95. The molecule has 0 spiro atoms. The summed E-state index contributed by atoms with van der Waals surface area (Å²) in [7, 11) is 1.41. The molecule has 0 bridgehead atoms. The van der Waals surface area contributed by atoms with E-state index in [9.17, 15) is 10.1 Å². The fraction of sp³-hybridized carbons (Fsp3) is 0.400. The largest absolute Gasteiger partial charge is 0.479 e. The molecule has 60 valence electrons. The summed E-state index contributed by atoms with van der Waals surface area (Å²) in [6, 6.07) is 1.38. The van der Waals surface area contributed by atoms with Crippen LogP contribution in [-0.2, 0) is 6.54 Å². The molecule has 0 amide bonds. The van der Waals surface area contributed by atoms with Crippen LogP contribution in [0.5, 0.6) is 5.88 Å². The van der Waals surface area contributed by atoms with Gasteiger partial charge in [0.25, 0.3) is 12.4 Å². The number of rotatable bonds is 3. The molecule has 0 atom stereocenters. The van der Waals surface area contributed by atoms with Gasteiger partial charge in [0.15, 0.2) is 0 Å². The van der Waals surface area contributed by atoms with Crippen LogP contribution >= 0.6 is 0 Å². The molecule has 0 aliphatic carbocycles. The van der Waals surface area contributed by atoms with Crippen molar-refractivity contribution in [1.82, 2.24) is 5.16 Å². The molecule has 1 heterocycles. The van der Waals surface area contributed by atoms with Gasteiger partial charge in [0.05, 0.1) is 13.2 Å². The minimum absolute atomic E-state index is 0.187. The zero-order chi connectivity index (χ0) is 8.27. The topological polar surface area (TPSA) is 78.4 Å². The predicted molar refractivity (Wildman–Crippen MR) is 33.8 cm³/mol. The Morgan fingerprint density at radius 2 is 2.64 bits per heavy atom. The average Bonchev–Trinajstić information content (AvgIpc) is 2.34. The van der Waals surface area contributed by atoms with E-state index >= 15 is 0 Å². The summed E-state index contributed by atoms with van der Waals surface area (Å²) in [6.45, 7) is -0.365. The summed E-state index contributed by atoms with van der Waals surface area (Å²) < 4.78 is 9.20. The SMILES string of the molecule is COc1cc(C[N+](=O)[O-])on1. The van der Waals surface area contributed by atoms with Crippen molar-refractivity contribution in [3.63, 3.8) is 0 Å². The number of ether oxygens (including phenoxy) is 1. The van der Waals surface area contributed by atoms with E-state index in [1.54, 1.807) is 0 Å². The quantitative estimate of drug-likeness (QED) is 0.471. The van der Waals surface area contributed by atoms with Gasteiger partial charge in [-0.05, 0) is 5.16 Å². The van der Waals surface area contributed by atoms with Crippen LogP contribution in [0.15, 0.2) is 10.6 Å². The van der Waals surface area contributed by atoms with Crippen molar-refractivity contribution in [2.45, 2.75) is 6.54 Å². The molecular formula is C5H6N2O4. The standard InChI is InChI=1S/C5H6N2O4/c1-10-5-2-4(11-6-5)3-7(8)9/h2H,3H2,1H3. The molecule has 0 N–H and O–H groups in total. The van der Waals surface area contributed by atoms with E-state index in [0.717, 1.165) is 0 Å². The lowest BCUT2D eigenvalue weighted by atomic mass is 10.5. The van der Waals surface area contributed by atoms with Gasteiger partial charge in [0, 0.05) is 4.92 Å². The number of nitrogens with zero attached hydrogens (tertiary/aromatic N) is 2. The van der Waals surface area contributed by atoms with Crippen LogP contribution in [0.3, 0.4) is 0 Å². The fourth-order valence-corrected chi connectivity index (χ4v) is 0.592. The molecule has 0 saturated heterocycles. The molecule has 1 rings (SSSR count). The Balaban J connectivity index is 2.65. The maximum atomic E-state index is 9.94. The third-order valence-corrected chi connectivity index (χ3v) is 1.03. The second kappa shape index (κ2) is 3.00. The molecule has 0 radical (unpaired) electrons. The highest BCUT2D eigenvalue weighted by Gasteiger charge is 2.08. The first kappa shape index (κ1) is 7.52. The Morgan fingerprint density at radius 3 is 3.09 bits per heavy atom. The molecule has 0 aromatic carbocycles. The molecular weight excluding hydrogens is 152 g/mol.